The van der Waals surface area contributed by atoms with Crippen LogP contribution >= 0.6 is 22.6 Å². The predicted octanol–water partition coefficient (Wildman–Crippen LogP) is 0.951. The lowest BCUT2D eigenvalue weighted by Crippen LogP contribution is -2.32. The Labute approximate surface area is 94.9 Å². The predicted molar refractivity (Wildman–Crippen MR) is 60.1 cm³/mol. The van der Waals surface area contributed by atoms with Gasteiger partial charge in [-0.05, 0) is 46.7 Å². The number of carboxylic acid groups (broad SMARTS) is 1. The van der Waals surface area contributed by atoms with Crippen LogP contribution in [0.5, 0.6) is 5.75 Å². The molecule has 0 radical (unpaired) electrons. The summed E-state index contributed by atoms with van der Waals surface area (Å²) in [6, 6.07) is 4.03. The van der Waals surface area contributed by atoms with Gasteiger partial charge in [-0.2, -0.15) is 0 Å². The number of carbonyl (C=O) groups is 1. The smallest absolute Gasteiger partial charge is 0.320 e. The van der Waals surface area contributed by atoms with E-state index in [9.17, 15) is 9.90 Å². The standard InChI is InChI=1S/C9H10INO3/c10-6-3-5(1-2-8(6)12)4-7(11)9(13)14/h1-3,7,12H,4,11H2,(H,13,14)/t7-/m1/s1. The third-order valence-corrected chi connectivity index (χ3v) is 2.65. The molecule has 0 aliphatic heterocycles. The Hall–Kier alpha value is -0.820. The van der Waals surface area contributed by atoms with E-state index in [1.165, 1.54) is 6.07 Å². The molecule has 1 aromatic rings. The summed E-state index contributed by atoms with van der Waals surface area (Å²) in [5, 5.41) is 17.8. The van der Waals surface area contributed by atoms with E-state index in [1.54, 1.807) is 12.1 Å². The van der Waals surface area contributed by atoms with Gasteiger partial charge in [-0.3, -0.25) is 4.79 Å². The zero-order valence-electron chi connectivity index (χ0n) is 7.27. The Morgan fingerprint density at radius 2 is 2.21 bits per heavy atom. The normalized spacial score (nSPS) is 12.4. The van der Waals surface area contributed by atoms with Crippen LogP contribution in [0, 0.1) is 3.57 Å². The minimum absolute atomic E-state index is 0.193. The van der Waals surface area contributed by atoms with Crippen LogP contribution in [0.25, 0.3) is 0 Å². The summed E-state index contributed by atoms with van der Waals surface area (Å²) in [5.74, 6) is -0.827. The van der Waals surface area contributed by atoms with Crippen LogP contribution in [0.1, 0.15) is 5.56 Å². The molecule has 4 nitrogen and oxygen atoms in total. The van der Waals surface area contributed by atoms with Gasteiger partial charge in [0.05, 0.1) is 3.57 Å². The summed E-state index contributed by atoms with van der Waals surface area (Å²) in [5.41, 5.74) is 6.18. The van der Waals surface area contributed by atoms with Crippen molar-refractivity contribution in [2.45, 2.75) is 12.5 Å². The van der Waals surface area contributed by atoms with Crippen LogP contribution < -0.4 is 5.73 Å². The summed E-state index contributed by atoms with van der Waals surface area (Å²) in [6.07, 6.45) is 0.269. The Bertz CT molecular complexity index is 354. The van der Waals surface area contributed by atoms with E-state index in [2.05, 4.69) is 0 Å². The van der Waals surface area contributed by atoms with Gasteiger partial charge in [0.2, 0.25) is 0 Å². The number of carboxylic acids is 1. The molecule has 0 amide bonds. The quantitative estimate of drug-likeness (QED) is 0.726. The molecule has 14 heavy (non-hydrogen) atoms. The highest BCUT2D eigenvalue weighted by Gasteiger charge is 2.12. The highest BCUT2D eigenvalue weighted by atomic mass is 127. The van der Waals surface area contributed by atoms with Crippen molar-refractivity contribution in [2.24, 2.45) is 5.73 Å². The summed E-state index contributed by atoms with van der Waals surface area (Å²) >= 11 is 1.98. The molecular weight excluding hydrogens is 297 g/mol. The molecule has 0 fully saturated rings. The number of halogens is 1. The Balaban J connectivity index is 2.78. The van der Waals surface area contributed by atoms with E-state index in [0.717, 1.165) is 5.56 Å². The second-order valence-corrected chi connectivity index (χ2v) is 4.10. The number of hydrogen-bond acceptors (Lipinski definition) is 3. The van der Waals surface area contributed by atoms with Crippen LogP contribution in [0.3, 0.4) is 0 Å². The second-order valence-electron chi connectivity index (χ2n) is 2.93. The minimum atomic E-state index is -1.02. The van der Waals surface area contributed by atoms with Gasteiger partial charge < -0.3 is 15.9 Å². The van der Waals surface area contributed by atoms with E-state index in [4.69, 9.17) is 10.8 Å². The molecule has 1 atom stereocenters. The zero-order chi connectivity index (χ0) is 10.7. The number of benzene rings is 1. The Morgan fingerprint density at radius 3 is 2.71 bits per heavy atom. The Kier molecular flexibility index (Phi) is 3.70. The molecule has 1 rings (SSSR count). The number of aromatic hydroxyl groups is 1. The van der Waals surface area contributed by atoms with E-state index in [-0.39, 0.29) is 12.2 Å². The van der Waals surface area contributed by atoms with Crippen molar-refractivity contribution in [3.05, 3.63) is 27.3 Å². The monoisotopic (exact) mass is 307 g/mol. The highest BCUT2D eigenvalue weighted by Crippen LogP contribution is 2.20. The second kappa shape index (κ2) is 4.61. The fraction of sp³-hybridized carbons (Fsp3) is 0.222. The summed E-state index contributed by atoms with van der Waals surface area (Å²) < 4.78 is 0.692. The summed E-state index contributed by atoms with van der Waals surface area (Å²) in [7, 11) is 0. The number of rotatable bonds is 3. The maximum atomic E-state index is 10.5. The molecule has 0 saturated carbocycles. The lowest BCUT2D eigenvalue weighted by atomic mass is 10.1. The summed E-state index contributed by atoms with van der Waals surface area (Å²) in [6.45, 7) is 0. The molecule has 5 heteroatoms. The van der Waals surface area contributed by atoms with Crippen LogP contribution in [0.4, 0.5) is 0 Å². The van der Waals surface area contributed by atoms with Gasteiger partial charge in [0.25, 0.3) is 0 Å². The number of hydrogen-bond donors (Lipinski definition) is 3. The van der Waals surface area contributed by atoms with Crippen LogP contribution in [0.15, 0.2) is 18.2 Å². The number of phenols is 1. The van der Waals surface area contributed by atoms with Crippen LogP contribution in [0.2, 0.25) is 0 Å². The van der Waals surface area contributed by atoms with Gasteiger partial charge in [0.15, 0.2) is 0 Å². The molecule has 0 saturated heterocycles. The minimum Gasteiger partial charge on any atom is -0.507 e. The van der Waals surface area contributed by atoms with E-state index in [0.29, 0.717) is 3.57 Å². The first-order chi connectivity index (χ1) is 6.50. The van der Waals surface area contributed by atoms with Crippen LogP contribution in [-0.2, 0) is 11.2 Å². The van der Waals surface area contributed by atoms with Crippen molar-refractivity contribution < 1.29 is 15.0 Å². The first-order valence-corrected chi connectivity index (χ1v) is 5.04. The SMILES string of the molecule is N[C@H](Cc1ccc(O)c(I)c1)C(=O)O. The van der Waals surface area contributed by atoms with Crippen molar-refractivity contribution in [1.82, 2.24) is 0 Å². The van der Waals surface area contributed by atoms with Gasteiger partial charge >= 0.3 is 5.97 Å². The number of phenolic OH excluding ortho intramolecular Hbond substituents is 1. The first-order valence-electron chi connectivity index (χ1n) is 3.96. The molecule has 0 aromatic heterocycles. The molecular formula is C9H10INO3. The van der Waals surface area contributed by atoms with Crippen molar-refractivity contribution in [3.63, 3.8) is 0 Å². The first kappa shape index (κ1) is 11.3. The Morgan fingerprint density at radius 1 is 1.57 bits per heavy atom. The highest BCUT2D eigenvalue weighted by molar-refractivity contribution is 14.1. The molecule has 0 bridgehead atoms. The molecule has 0 aliphatic carbocycles. The van der Waals surface area contributed by atoms with Gasteiger partial charge in [-0.1, -0.05) is 6.07 Å². The van der Waals surface area contributed by atoms with Gasteiger partial charge in [-0.15, -0.1) is 0 Å². The van der Waals surface area contributed by atoms with Crippen LogP contribution in [-0.4, -0.2) is 22.2 Å². The van der Waals surface area contributed by atoms with Gasteiger partial charge in [-0.25, -0.2) is 0 Å². The average molecular weight is 307 g/mol. The zero-order valence-corrected chi connectivity index (χ0v) is 9.43. The van der Waals surface area contributed by atoms with Crippen molar-refractivity contribution >= 4 is 28.6 Å². The third-order valence-electron chi connectivity index (χ3n) is 1.78. The topological polar surface area (TPSA) is 83.5 Å². The molecule has 0 unspecified atom stereocenters. The van der Waals surface area contributed by atoms with E-state index >= 15 is 0 Å². The lowest BCUT2D eigenvalue weighted by Gasteiger charge is -2.07. The molecule has 0 spiro atoms. The number of nitrogens with two attached hydrogens (primary N) is 1. The molecule has 4 N–H and O–H groups in total. The maximum absolute atomic E-state index is 10.5. The largest absolute Gasteiger partial charge is 0.507 e. The summed E-state index contributed by atoms with van der Waals surface area (Å²) in [4.78, 5) is 10.5. The molecule has 0 aliphatic rings. The average Bonchev–Trinajstić information content (AvgIpc) is 2.11. The fourth-order valence-corrected chi connectivity index (χ4v) is 1.60. The van der Waals surface area contributed by atoms with Crippen molar-refractivity contribution in [2.75, 3.05) is 0 Å². The van der Waals surface area contributed by atoms with Gasteiger partial charge in [0.1, 0.15) is 11.8 Å². The molecule has 0 heterocycles. The molecule has 76 valence electrons. The lowest BCUT2D eigenvalue weighted by molar-refractivity contribution is -0.138. The van der Waals surface area contributed by atoms with Crippen molar-refractivity contribution in [1.29, 1.82) is 0 Å². The maximum Gasteiger partial charge on any atom is 0.320 e. The van der Waals surface area contributed by atoms with Gasteiger partial charge in [0, 0.05) is 0 Å². The molecule has 1 aromatic carbocycles. The van der Waals surface area contributed by atoms with E-state index in [1.807, 2.05) is 22.6 Å². The van der Waals surface area contributed by atoms with E-state index < -0.39 is 12.0 Å². The van der Waals surface area contributed by atoms with Crippen molar-refractivity contribution in [3.8, 4) is 5.75 Å². The number of aliphatic carboxylic acids is 1. The fourth-order valence-electron chi connectivity index (χ4n) is 1.02. The third kappa shape index (κ3) is 2.85.